The zero-order valence-electron chi connectivity index (χ0n) is 24.1. The number of nitrogens with one attached hydrogen (secondary N) is 1. The molecule has 38 heavy (non-hydrogen) atoms. The molecule has 0 aliphatic carbocycles. The van der Waals surface area contributed by atoms with E-state index in [1.165, 1.54) is 5.56 Å². The number of amides is 2. The molecule has 2 aromatic heterocycles. The average Bonchev–Trinajstić information content (AvgIpc) is 2.82. The minimum Gasteiger partial charge on any atom is -0.352 e. The summed E-state index contributed by atoms with van der Waals surface area (Å²) in [6, 6.07) is 4.29. The van der Waals surface area contributed by atoms with E-state index in [2.05, 4.69) is 59.7 Å². The van der Waals surface area contributed by atoms with Crippen molar-refractivity contribution >= 4 is 23.4 Å². The molecule has 2 aromatic rings. The summed E-state index contributed by atoms with van der Waals surface area (Å²) >= 11 is 6.01. The van der Waals surface area contributed by atoms with Gasteiger partial charge in [-0.3, -0.25) is 14.6 Å². The van der Waals surface area contributed by atoms with Gasteiger partial charge < -0.3 is 15.1 Å². The summed E-state index contributed by atoms with van der Waals surface area (Å²) in [5.41, 5.74) is 4.31. The minimum atomic E-state index is -0.103. The first-order valence-corrected chi connectivity index (χ1v) is 14.1. The lowest BCUT2D eigenvalue weighted by Gasteiger charge is -2.41. The third kappa shape index (κ3) is 8.24. The van der Waals surface area contributed by atoms with Crippen molar-refractivity contribution in [1.29, 1.82) is 0 Å². The summed E-state index contributed by atoms with van der Waals surface area (Å²) in [7, 11) is 0. The maximum Gasteiger partial charge on any atom is 0.253 e. The molecule has 0 bridgehead atoms. The second-order valence-electron chi connectivity index (χ2n) is 11.9. The van der Waals surface area contributed by atoms with Crippen molar-refractivity contribution in [3.8, 4) is 0 Å². The van der Waals surface area contributed by atoms with Crippen LogP contribution in [-0.2, 0) is 11.3 Å². The molecule has 208 valence electrons. The van der Waals surface area contributed by atoms with Gasteiger partial charge in [0.2, 0.25) is 5.91 Å². The molecule has 1 aliphatic heterocycles. The van der Waals surface area contributed by atoms with Gasteiger partial charge in [0.1, 0.15) is 5.15 Å². The summed E-state index contributed by atoms with van der Waals surface area (Å²) in [6.07, 6.45) is 6.97. The van der Waals surface area contributed by atoms with E-state index < -0.39 is 0 Å². The molecule has 0 radical (unpaired) electrons. The number of carbonyl (C=O) groups is 2. The SMILES string of the molecule is Cc1ccncc1CN(C(=O)CC(C)(C)C)C1CCN([C@H](C)CCNC(=O)c2c(C)cc(Cl)nc2C)CC1. The average molecular weight is 542 g/mol. The molecule has 3 heterocycles. The third-order valence-electron chi connectivity index (χ3n) is 7.49. The van der Waals surface area contributed by atoms with Crippen LogP contribution in [0.25, 0.3) is 0 Å². The number of hydrogen-bond donors (Lipinski definition) is 1. The Labute approximate surface area is 233 Å². The third-order valence-corrected chi connectivity index (χ3v) is 7.69. The second-order valence-corrected chi connectivity index (χ2v) is 12.3. The molecule has 1 fully saturated rings. The second kappa shape index (κ2) is 13.0. The molecular weight excluding hydrogens is 498 g/mol. The molecular formula is C30H44ClN5O2. The molecule has 1 aliphatic rings. The maximum atomic E-state index is 13.4. The molecule has 0 saturated carbocycles. The van der Waals surface area contributed by atoms with Gasteiger partial charge in [0.15, 0.2) is 0 Å². The Morgan fingerprint density at radius 1 is 1.18 bits per heavy atom. The zero-order valence-corrected chi connectivity index (χ0v) is 24.9. The molecule has 1 N–H and O–H groups in total. The molecule has 0 spiro atoms. The van der Waals surface area contributed by atoms with Gasteiger partial charge >= 0.3 is 0 Å². The number of halogens is 1. The largest absolute Gasteiger partial charge is 0.352 e. The Bertz CT molecular complexity index is 1100. The molecule has 1 atom stereocenters. The summed E-state index contributed by atoms with van der Waals surface area (Å²) in [6.45, 7) is 17.4. The Kier molecular flexibility index (Phi) is 10.3. The predicted octanol–water partition coefficient (Wildman–Crippen LogP) is 5.49. The quantitative estimate of drug-likeness (QED) is 0.424. The van der Waals surface area contributed by atoms with E-state index in [0.717, 1.165) is 43.5 Å². The van der Waals surface area contributed by atoms with Crippen LogP contribution >= 0.6 is 11.6 Å². The van der Waals surface area contributed by atoms with Crippen LogP contribution in [0, 0.1) is 26.2 Å². The van der Waals surface area contributed by atoms with Crippen LogP contribution in [-0.4, -0.2) is 63.3 Å². The lowest BCUT2D eigenvalue weighted by atomic mass is 9.90. The van der Waals surface area contributed by atoms with E-state index in [9.17, 15) is 9.59 Å². The predicted molar refractivity (Wildman–Crippen MR) is 153 cm³/mol. The van der Waals surface area contributed by atoms with Gasteiger partial charge in [-0.05, 0) is 81.2 Å². The number of aromatic nitrogens is 2. The lowest BCUT2D eigenvalue weighted by molar-refractivity contribution is -0.137. The van der Waals surface area contributed by atoms with Crippen LogP contribution in [0.1, 0.15) is 86.1 Å². The van der Waals surface area contributed by atoms with Gasteiger partial charge in [0, 0.05) is 57.1 Å². The Morgan fingerprint density at radius 3 is 2.47 bits per heavy atom. The monoisotopic (exact) mass is 541 g/mol. The van der Waals surface area contributed by atoms with Gasteiger partial charge in [-0.2, -0.15) is 0 Å². The fourth-order valence-electron chi connectivity index (χ4n) is 5.25. The Morgan fingerprint density at radius 2 is 1.87 bits per heavy atom. The van der Waals surface area contributed by atoms with Gasteiger partial charge in [0.25, 0.3) is 5.91 Å². The molecule has 2 amide bonds. The van der Waals surface area contributed by atoms with Gasteiger partial charge in [-0.15, -0.1) is 0 Å². The van der Waals surface area contributed by atoms with Crippen LogP contribution < -0.4 is 5.32 Å². The van der Waals surface area contributed by atoms with Crippen molar-refractivity contribution in [3.05, 3.63) is 57.6 Å². The molecule has 7 nitrogen and oxygen atoms in total. The number of pyridine rings is 2. The van der Waals surface area contributed by atoms with E-state index in [-0.39, 0.29) is 23.3 Å². The molecule has 0 unspecified atom stereocenters. The van der Waals surface area contributed by atoms with Crippen molar-refractivity contribution in [2.24, 2.45) is 5.41 Å². The first-order valence-electron chi connectivity index (χ1n) is 13.7. The van der Waals surface area contributed by atoms with E-state index in [0.29, 0.717) is 42.0 Å². The van der Waals surface area contributed by atoms with Crippen LogP contribution in [0.3, 0.4) is 0 Å². The summed E-state index contributed by atoms with van der Waals surface area (Å²) < 4.78 is 0. The number of hydrogen-bond acceptors (Lipinski definition) is 5. The first kappa shape index (κ1) is 30.0. The van der Waals surface area contributed by atoms with Crippen LogP contribution in [0.2, 0.25) is 5.15 Å². The van der Waals surface area contributed by atoms with Crippen molar-refractivity contribution in [2.75, 3.05) is 19.6 Å². The van der Waals surface area contributed by atoms with E-state index in [4.69, 9.17) is 11.6 Å². The first-order chi connectivity index (χ1) is 17.9. The zero-order chi connectivity index (χ0) is 28.0. The summed E-state index contributed by atoms with van der Waals surface area (Å²) in [5, 5.41) is 3.46. The Balaban J connectivity index is 1.55. The topological polar surface area (TPSA) is 78.4 Å². The highest BCUT2D eigenvalue weighted by atomic mass is 35.5. The van der Waals surface area contributed by atoms with E-state index >= 15 is 0 Å². The lowest BCUT2D eigenvalue weighted by Crippen LogP contribution is -2.50. The van der Waals surface area contributed by atoms with Gasteiger partial charge in [-0.25, -0.2) is 4.98 Å². The van der Waals surface area contributed by atoms with Crippen molar-refractivity contribution in [2.45, 2.75) is 92.8 Å². The molecule has 3 rings (SSSR count). The number of piperidine rings is 1. The number of carbonyl (C=O) groups excluding carboxylic acids is 2. The summed E-state index contributed by atoms with van der Waals surface area (Å²) in [4.78, 5) is 39.3. The molecule has 0 aromatic carbocycles. The Hall–Kier alpha value is -2.51. The van der Waals surface area contributed by atoms with Crippen LogP contribution in [0.4, 0.5) is 0 Å². The van der Waals surface area contributed by atoms with E-state index in [1.54, 1.807) is 12.3 Å². The maximum absolute atomic E-state index is 13.4. The molecule has 1 saturated heterocycles. The fraction of sp³-hybridized carbons (Fsp3) is 0.600. The van der Waals surface area contributed by atoms with Gasteiger partial charge in [-0.1, -0.05) is 32.4 Å². The van der Waals surface area contributed by atoms with Crippen molar-refractivity contribution in [3.63, 3.8) is 0 Å². The molecule has 8 heteroatoms. The van der Waals surface area contributed by atoms with Crippen molar-refractivity contribution in [1.82, 2.24) is 25.1 Å². The normalized spacial score (nSPS) is 15.8. The minimum absolute atomic E-state index is 0.0574. The number of nitrogens with zero attached hydrogens (tertiary/aromatic N) is 4. The number of aryl methyl sites for hydroxylation is 3. The highest BCUT2D eigenvalue weighted by Crippen LogP contribution is 2.26. The standard InChI is InChI=1S/C30H44ClN5O2/c1-20-8-12-32-18-24(20)19-36(27(37)17-30(5,6)7)25-10-14-35(15-11-25)22(3)9-13-33-29(38)28-21(2)16-26(31)34-23(28)4/h8,12,16,18,22,25H,9-11,13-15,17,19H2,1-7H3,(H,33,38)/t22-/m1/s1. The highest BCUT2D eigenvalue weighted by Gasteiger charge is 2.31. The smallest absolute Gasteiger partial charge is 0.253 e. The van der Waals surface area contributed by atoms with Gasteiger partial charge in [0.05, 0.1) is 11.3 Å². The number of likely N-dealkylation sites (tertiary alicyclic amines) is 1. The van der Waals surface area contributed by atoms with E-state index in [1.807, 2.05) is 26.1 Å². The fourth-order valence-corrected chi connectivity index (χ4v) is 5.54. The van der Waals surface area contributed by atoms with Crippen LogP contribution in [0.5, 0.6) is 0 Å². The number of rotatable bonds is 9. The van der Waals surface area contributed by atoms with Crippen molar-refractivity contribution < 1.29 is 9.59 Å². The summed E-state index contributed by atoms with van der Waals surface area (Å²) in [5.74, 6) is 0.117. The van der Waals surface area contributed by atoms with Crippen LogP contribution in [0.15, 0.2) is 24.5 Å². The highest BCUT2D eigenvalue weighted by molar-refractivity contribution is 6.29.